The molecule has 1 aromatic carbocycles. The minimum atomic E-state index is -0.303. The minimum absolute atomic E-state index is 0.258. The number of aromatic nitrogens is 2. The van der Waals surface area contributed by atoms with Gasteiger partial charge < -0.3 is 0 Å². The average Bonchev–Trinajstić information content (AvgIpc) is 3.25. The van der Waals surface area contributed by atoms with Crippen LogP contribution in [0, 0.1) is 5.82 Å². The molecule has 0 atom stereocenters. The highest BCUT2D eigenvalue weighted by Gasteiger charge is 2.10. The Labute approximate surface area is 148 Å². The first-order chi connectivity index (χ1) is 12.0. The standard InChI is InChI=1S/C18H17FN4OS/c1-11(2)16-7-13(10-25-16)18(24)23-21-9-14-8-20-22-17(14)12-3-5-15(19)6-4-12/h3-11H,1-2H3,(H,20,22)(H,23,24)/b21-9+. The third kappa shape index (κ3) is 4.00. The number of benzene rings is 1. The van der Waals surface area contributed by atoms with Crippen LogP contribution in [0.5, 0.6) is 0 Å². The lowest BCUT2D eigenvalue weighted by Gasteiger charge is -2.00. The molecule has 7 heteroatoms. The molecule has 0 aliphatic carbocycles. The van der Waals surface area contributed by atoms with Gasteiger partial charge in [0.1, 0.15) is 5.82 Å². The van der Waals surface area contributed by atoms with E-state index < -0.39 is 0 Å². The number of amides is 1. The molecule has 2 heterocycles. The minimum Gasteiger partial charge on any atom is -0.277 e. The topological polar surface area (TPSA) is 70.1 Å². The molecule has 5 nitrogen and oxygen atoms in total. The van der Waals surface area contributed by atoms with Gasteiger partial charge >= 0.3 is 0 Å². The normalized spacial score (nSPS) is 11.4. The van der Waals surface area contributed by atoms with Crippen molar-refractivity contribution in [2.75, 3.05) is 0 Å². The second-order valence-electron chi connectivity index (χ2n) is 5.80. The van der Waals surface area contributed by atoms with Crippen LogP contribution < -0.4 is 5.43 Å². The van der Waals surface area contributed by atoms with Crippen molar-refractivity contribution in [1.82, 2.24) is 15.6 Å². The van der Waals surface area contributed by atoms with E-state index in [9.17, 15) is 9.18 Å². The lowest BCUT2D eigenvalue weighted by Crippen LogP contribution is -2.16. The molecule has 0 spiro atoms. The zero-order valence-electron chi connectivity index (χ0n) is 13.8. The molecule has 2 N–H and O–H groups in total. The lowest BCUT2D eigenvalue weighted by atomic mass is 10.1. The van der Waals surface area contributed by atoms with Crippen LogP contribution in [-0.2, 0) is 0 Å². The summed E-state index contributed by atoms with van der Waals surface area (Å²) in [6.07, 6.45) is 3.10. The molecule has 25 heavy (non-hydrogen) atoms. The number of nitrogens with one attached hydrogen (secondary N) is 2. The first-order valence-electron chi connectivity index (χ1n) is 7.75. The van der Waals surface area contributed by atoms with Gasteiger partial charge in [-0.1, -0.05) is 13.8 Å². The van der Waals surface area contributed by atoms with Gasteiger partial charge in [-0.15, -0.1) is 11.3 Å². The first kappa shape index (κ1) is 17.0. The van der Waals surface area contributed by atoms with E-state index in [1.54, 1.807) is 29.7 Å². The summed E-state index contributed by atoms with van der Waals surface area (Å²) in [6, 6.07) is 7.93. The summed E-state index contributed by atoms with van der Waals surface area (Å²) in [7, 11) is 0. The largest absolute Gasteiger partial charge is 0.277 e. The van der Waals surface area contributed by atoms with Gasteiger partial charge in [0.2, 0.25) is 0 Å². The van der Waals surface area contributed by atoms with Gasteiger partial charge in [0.15, 0.2) is 0 Å². The first-order valence-corrected chi connectivity index (χ1v) is 8.63. The molecule has 0 saturated heterocycles. The van der Waals surface area contributed by atoms with Gasteiger partial charge in [-0.25, -0.2) is 9.82 Å². The Morgan fingerprint density at radius 3 is 2.80 bits per heavy atom. The Bertz CT molecular complexity index is 896. The number of halogens is 1. The van der Waals surface area contributed by atoms with Gasteiger partial charge in [-0.3, -0.25) is 9.89 Å². The third-order valence-electron chi connectivity index (χ3n) is 3.62. The maximum absolute atomic E-state index is 13.0. The van der Waals surface area contributed by atoms with Crippen molar-refractivity contribution < 1.29 is 9.18 Å². The van der Waals surface area contributed by atoms with Crippen molar-refractivity contribution in [3.05, 3.63) is 63.7 Å². The van der Waals surface area contributed by atoms with Crippen LogP contribution in [0.2, 0.25) is 0 Å². The van der Waals surface area contributed by atoms with Crippen molar-refractivity contribution in [3.8, 4) is 11.3 Å². The monoisotopic (exact) mass is 356 g/mol. The van der Waals surface area contributed by atoms with Crippen molar-refractivity contribution in [3.63, 3.8) is 0 Å². The Morgan fingerprint density at radius 1 is 1.36 bits per heavy atom. The van der Waals surface area contributed by atoms with E-state index in [4.69, 9.17) is 0 Å². The van der Waals surface area contributed by atoms with E-state index in [1.165, 1.54) is 18.3 Å². The number of H-pyrrole nitrogens is 1. The average molecular weight is 356 g/mol. The Kier molecular flexibility index (Phi) is 5.04. The zero-order valence-corrected chi connectivity index (χ0v) is 14.6. The fraction of sp³-hybridized carbons (Fsp3) is 0.167. The van der Waals surface area contributed by atoms with Gasteiger partial charge in [-0.05, 0) is 36.2 Å². The molecule has 0 fully saturated rings. The van der Waals surface area contributed by atoms with E-state index >= 15 is 0 Å². The van der Waals surface area contributed by atoms with E-state index in [-0.39, 0.29) is 11.7 Å². The molecule has 3 rings (SSSR count). The highest BCUT2D eigenvalue weighted by molar-refractivity contribution is 7.10. The number of carbonyl (C=O) groups excluding carboxylic acids is 1. The molecule has 0 aliphatic rings. The highest BCUT2D eigenvalue weighted by Crippen LogP contribution is 2.23. The maximum Gasteiger partial charge on any atom is 0.272 e. The van der Waals surface area contributed by atoms with Crippen LogP contribution in [0.3, 0.4) is 0 Å². The molecule has 2 aromatic heterocycles. The summed E-state index contributed by atoms with van der Waals surface area (Å²) >= 11 is 1.56. The molecule has 0 bridgehead atoms. The van der Waals surface area contributed by atoms with Crippen molar-refractivity contribution in [2.24, 2.45) is 5.10 Å². The van der Waals surface area contributed by atoms with Gasteiger partial charge in [0.25, 0.3) is 5.91 Å². The third-order valence-corrected chi connectivity index (χ3v) is 4.86. The lowest BCUT2D eigenvalue weighted by molar-refractivity contribution is 0.0955. The van der Waals surface area contributed by atoms with Crippen LogP contribution in [0.1, 0.15) is 40.6 Å². The number of hydrogen-bond donors (Lipinski definition) is 2. The molecular formula is C18H17FN4OS. The molecular weight excluding hydrogens is 339 g/mol. The van der Waals surface area contributed by atoms with Crippen LogP contribution in [0.15, 0.2) is 47.0 Å². The van der Waals surface area contributed by atoms with Crippen LogP contribution in [0.4, 0.5) is 4.39 Å². The maximum atomic E-state index is 13.0. The predicted molar refractivity (Wildman–Crippen MR) is 97.4 cm³/mol. The summed E-state index contributed by atoms with van der Waals surface area (Å²) in [6.45, 7) is 4.17. The number of carbonyl (C=O) groups is 1. The number of hydrogen-bond acceptors (Lipinski definition) is 4. The van der Waals surface area contributed by atoms with Crippen molar-refractivity contribution in [1.29, 1.82) is 0 Å². The van der Waals surface area contributed by atoms with E-state index in [2.05, 4.69) is 34.6 Å². The summed E-state index contributed by atoms with van der Waals surface area (Å²) in [4.78, 5) is 13.3. The second kappa shape index (κ2) is 7.40. The summed E-state index contributed by atoms with van der Waals surface area (Å²) in [5, 5.41) is 12.6. The number of aromatic amines is 1. The SMILES string of the molecule is CC(C)c1cc(C(=O)N/N=C/c2cn[nH]c2-c2ccc(F)cc2)cs1. The van der Waals surface area contributed by atoms with Gasteiger partial charge in [0.05, 0.1) is 23.7 Å². The quantitative estimate of drug-likeness (QED) is 0.532. The van der Waals surface area contributed by atoms with Crippen LogP contribution >= 0.6 is 11.3 Å². The molecule has 3 aromatic rings. The number of hydrazone groups is 1. The molecule has 0 unspecified atom stereocenters. The Morgan fingerprint density at radius 2 is 2.12 bits per heavy atom. The van der Waals surface area contributed by atoms with Gasteiger partial charge in [-0.2, -0.15) is 10.2 Å². The predicted octanol–water partition coefficient (Wildman–Crippen LogP) is 4.16. The second-order valence-corrected chi connectivity index (χ2v) is 6.74. The van der Waals surface area contributed by atoms with Crippen molar-refractivity contribution in [2.45, 2.75) is 19.8 Å². The molecule has 0 aliphatic heterocycles. The van der Waals surface area contributed by atoms with Crippen LogP contribution in [0.25, 0.3) is 11.3 Å². The molecule has 128 valence electrons. The van der Waals surface area contributed by atoms with Crippen molar-refractivity contribution >= 4 is 23.5 Å². The fourth-order valence-electron chi connectivity index (χ4n) is 2.24. The number of nitrogens with zero attached hydrogens (tertiary/aromatic N) is 2. The summed E-state index contributed by atoms with van der Waals surface area (Å²) in [5.41, 5.74) is 5.29. The van der Waals surface area contributed by atoms with E-state index in [1.807, 2.05) is 11.4 Å². The smallest absolute Gasteiger partial charge is 0.272 e. The Hall–Kier alpha value is -2.80. The number of thiophene rings is 1. The molecule has 1 amide bonds. The summed E-state index contributed by atoms with van der Waals surface area (Å²) in [5.74, 6) is -0.173. The Balaban J connectivity index is 1.69. The molecule has 0 saturated carbocycles. The zero-order chi connectivity index (χ0) is 17.8. The fourth-order valence-corrected chi connectivity index (χ4v) is 3.15. The number of rotatable bonds is 5. The van der Waals surface area contributed by atoms with Crippen LogP contribution in [-0.4, -0.2) is 22.3 Å². The van der Waals surface area contributed by atoms with E-state index in [0.29, 0.717) is 22.7 Å². The van der Waals surface area contributed by atoms with E-state index in [0.717, 1.165) is 10.4 Å². The van der Waals surface area contributed by atoms with Gasteiger partial charge in [0, 0.05) is 21.4 Å². The highest BCUT2D eigenvalue weighted by atomic mass is 32.1. The summed E-state index contributed by atoms with van der Waals surface area (Å²) < 4.78 is 13.0. The molecule has 0 radical (unpaired) electrons.